The summed E-state index contributed by atoms with van der Waals surface area (Å²) in [5.41, 5.74) is 0. The number of sulfonamides is 1. The van der Waals surface area contributed by atoms with Crippen molar-refractivity contribution in [2.75, 3.05) is 20.1 Å². The van der Waals surface area contributed by atoms with E-state index in [1.54, 1.807) is 7.05 Å². The van der Waals surface area contributed by atoms with Crippen molar-refractivity contribution in [1.82, 2.24) is 9.62 Å². The number of piperidine rings is 1. The topological polar surface area (TPSA) is 49.4 Å². The van der Waals surface area contributed by atoms with Gasteiger partial charge in [0.25, 0.3) is 10.0 Å². The molecule has 1 aliphatic rings. The average Bonchev–Trinajstić information content (AvgIpc) is 2.26. The smallest absolute Gasteiger partial charge is 0.320 e. The van der Waals surface area contributed by atoms with Crippen LogP contribution >= 0.6 is 0 Å². The normalized spacial score (nSPS) is 23.9. The molecule has 0 aromatic carbocycles. The average molecular weight is 256 g/mol. The van der Waals surface area contributed by atoms with Crippen LogP contribution in [0.3, 0.4) is 0 Å². The first kappa shape index (κ1) is 13.8. The lowest BCUT2D eigenvalue weighted by Crippen LogP contribution is -2.46. The van der Waals surface area contributed by atoms with Crippen LogP contribution in [0, 0.1) is 0 Å². The van der Waals surface area contributed by atoms with Gasteiger partial charge in [-0.1, -0.05) is 6.42 Å². The highest BCUT2D eigenvalue weighted by Crippen LogP contribution is 2.25. The van der Waals surface area contributed by atoms with Crippen molar-refractivity contribution in [3.8, 4) is 0 Å². The van der Waals surface area contributed by atoms with Gasteiger partial charge in [0.05, 0.1) is 0 Å². The lowest BCUT2D eigenvalue weighted by Gasteiger charge is -2.34. The molecule has 0 radical (unpaired) electrons. The van der Waals surface area contributed by atoms with Gasteiger partial charge in [-0.15, -0.1) is 0 Å². The van der Waals surface area contributed by atoms with E-state index in [1.165, 1.54) is 0 Å². The first-order valence-corrected chi connectivity index (χ1v) is 6.94. The van der Waals surface area contributed by atoms with E-state index in [-0.39, 0.29) is 12.6 Å². The lowest BCUT2D eigenvalue weighted by atomic mass is 10.0. The van der Waals surface area contributed by atoms with Gasteiger partial charge in [-0.3, -0.25) is 0 Å². The zero-order valence-electron chi connectivity index (χ0n) is 9.33. The molecule has 1 atom stereocenters. The van der Waals surface area contributed by atoms with E-state index in [9.17, 15) is 17.2 Å². The molecule has 7 heteroatoms. The molecule has 16 heavy (non-hydrogen) atoms. The van der Waals surface area contributed by atoms with Gasteiger partial charge >= 0.3 is 5.76 Å². The Balaban J connectivity index is 2.74. The quantitative estimate of drug-likeness (QED) is 0.798. The third-order valence-electron chi connectivity index (χ3n) is 2.85. The Kier molecular flexibility index (Phi) is 5.07. The molecule has 1 N–H and O–H groups in total. The zero-order valence-corrected chi connectivity index (χ0v) is 10.1. The van der Waals surface area contributed by atoms with E-state index >= 15 is 0 Å². The van der Waals surface area contributed by atoms with E-state index < -0.39 is 15.8 Å². The maximum atomic E-state index is 12.4. The van der Waals surface area contributed by atoms with Crippen molar-refractivity contribution in [1.29, 1.82) is 0 Å². The Hall–Kier alpha value is -0.270. The number of rotatable bonds is 5. The van der Waals surface area contributed by atoms with E-state index in [0.29, 0.717) is 25.8 Å². The number of hydrogen-bond acceptors (Lipinski definition) is 3. The second-order valence-corrected chi connectivity index (χ2v) is 5.81. The number of nitrogens with zero attached hydrogens (tertiary/aromatic N) is 1. The molecular weight excluding hydrogens is 238 g/mol. The fraction of sp³-hybridized carbons (Fsp3) is 1.00. The largest absolute Gasteiger partial charge is 0.350 e. The summed E-state index contributed by atoms with van der Waals surface area (Å²) in [6, 6.07) is -0.278. The van der Waals surface area contributed by atoms with Gasteiger partial charge in [-0.2, -0.15) is 13.1 Å². The van der Waals surface area contributed by atoms with Gasteiger partial charge in [0, 0.05) is 12.6 Å². The predicted molar refractivity (Wildman–Crippen MR) is 57.8 cm³/mol. The van der Waals surface area contributed by atoms with Gasteiger partial charge in [0.2, 0.25) is 0 Å². The van der Waals surface area contributed by atoms with Gasteiger partial charge in [0.1, 0.15) is 0 Å². The maximum Gasteiger partial charge on any atom is 0.350 e. The molecule has 1 heterocycles. The van der Waals surface area contributed by atoms with Gasteiger partial charge in [0.15, 0.2) is 0 Å². The number of hydrogen-bond donors (Lipinski definition) is 1. The van der Waals surface area contributed by atoms with Crippen LogP contribution in [0.4, 0.5) is 8.78 Å². The molecule has 1 saturated heterocycles. The summed E-state index contributed by atoms with van der Waals surface area (Å²) in [5.74, 6) is -3.30. The highest BCUT2D eigenvalue weighted by Gasteiger charge is 2.37. The monoisotopic (exact) mass is 256 g/mol. The molecular formula is C9H18F2N2O2S. The number of nitrogens with one attached hydrogen (secondary N) is 1. The van der Waals surface area contributed by atoms with Crippen LogP contribution in [0.2, 0.25) is 0 Å². The first-order valence-electron chi connectivity index (χ1n) is 5.43. The lowest BCUT2D eigenvalue weighted by molar-refractivity contribution is 0.188. The highest BCUT2D eigenvalue weighted by molar-refractivity contribution is 7.89. The summed E-state index contributed by atoms with van der Waals surface area (Å²) in [4.78, 5) is 0. The SMILES string of the molecule is CNCCC1CCCCN1S(=O)(=O)C(F)F. The second-order valence-electron chi connectivity index (χ2n) is 3.96. The van der Waals surface area contributed by atoms with Crippen molar-refractivity contribution < 1.29 is 17.2 Å². The van der Waals surface area contributed by atoms with E-state index in [1.807, 2.05) is 0 Å². The van der Waals surface area contributed by atoms with Crippen LogP contribution in [0.1, 0.15) is 25.7 Å². The molecule has 0 amide bonds. The molecule has 1 fully saturated rings. The Morgan fingerprint density at radius 1 is 1.44 bits per heavy atom. The molecule has 1 aliphatic heterocycles. The molecule has 1 rings (SSSR count). The Bertz CT molecular complexity index is 309. The van der Waals surface area contributed by atoms with Gasteiger partial charge in [-0.25, -0.2) is 8.42 Å². The summed E-state index contributed by atoms with van der Waals surface area (Å²) in [6.45, 7) is 0.862. The maximum absolute atomic E-state index is 12.4. The Morgan fingerprint density at radius 3 is 2.69 bits per heavy atom. The van der Waals surface area contributed by atoms with Crippen molar-refractivity contribution in [2.45, 2.75) is 37.5 Å². The molecule has 0 saturated carbocycles. The van der Waals surface area contributed by atoms with Crippen LogP contribution < -0.4 is 5.32 Å². The fourth-order valence-electron chi connectivity index (χ4n) is 2.01. The van der Waals surface area contributed by atoms with Gasteiger partial charge in [-0.05, 0) is 32.9 Å². The van der Waals surface area contributed by atoms with E-state index in [2.05, 4.69) is 5.32 Å². The number of alkyl halides is 2. The molecule has 0 bridgehead atoms. The fourth-order valence-corrected chi connectivity index (χ4v) is 3.23. The summed E-state index contributed by atoms with van der Waals surface area (Å²) >= 11 is 0. The van der Waals surface area contributed by atoms with Crippen LogP contribution in [-0.2, 0) is 10.0 Å². The highest BCUT2D eigenvalue weighted by atomic mass is 32.2. The molecule has 96 valence electrons. The van der Waals surface area contributed by atoms with Crippen molar-refractivity contribution >= 4 is 10.0 Å². The Labute approximate surface area is 95.1 Å². The molecule has 4 nitrogen and oxygen atoms in total. The minimum absolute atomic E-state index is 0.223. The zero-order chi connectivity index (χ0) is 12.2. The standard InChI is InChI=1S/C9H18F2N2O2S/c1-12-6-5-8-4-2-3-7-13(8)16(14,15)9(10)11/h8-9,12H,2-7H2,1H3. The van der Waals surface area contributed by atoms with Crippen molar-refractivity contribution in [2.24, 2.45) is 0 Å². The summed E-state index contributed by atoms with van der Waals surface area (Å²) in [7, 11) is -2.65. The summed E-state index contributed by atoms with van der Waals surface area (Å²) in [6.07, 6.45) is 2.84. The van der Waals surface area contributed by atoms with Gasteiger partial charge < -0.3 is 5.32 Å². The molecule has 1 unspecified atom stereocenters. The third-order valence-corrected chi connectivity index (χ3v) is 4.44. The Morgan fingerprint density at radius 2 is 2.12 bits per heavy atom. The van der Waals surface area contributed by atoms with Crippen LogP contribution in [0.15, 0.2) is 0 Å². The van der Waals surface area contributed by atoms with Crippen LogP contribution in [0.5, 0.6) is 0 Å². The molecule has 0 aliphatic carbocycles. The summed E-state index contributed by atoms with van der Waals surface area (Å²) in [5, 5.41) is 2.91. The first-order chi connectivity index (χ1) is 7.50. The molecule has 0 spiro atoms. The third kappa shape index (κ3) is 3.11. The van der Waals surface area contributed by atoms with E-state index in [0.717, 1.165) is 10.7 Å². The van der Waals surface area contributed by atoms with Crippen molar-refractivity contribution in [3.63, 3.8) is 0 Å². The number of halogens is 2. The van der Waals surface area contributed by atoms with Crippen molar-refractivity contribution in [3.05, 3.63) is 0 Å². The van der Waals surface area contributed by atoms with Crippen LogP contribution in [-0.4, -0.2) is 44.7 Å². The minimum Gasteiger partial charge on any atom is -0.320 e. The van der Waals surface area contributed by atoms with E-state index in [4.69, 9.17) is 0 Å². The minimum atomic E-state index is -4.41. The second kappa shape index (κ2) is 5.88. The predicted octanol–water partition coefficient (Wildman–Crippen LogP) is 1.00. The van der Waals surface area contributed by atoms with Crippen LogP contribution in [0.25, 0.3) is 0 Å². The molecule has 0 aromatic rings. The summed E-state index contributed by atoms with van der Waals surface area (Å²) < 4.78 is 48.7. The molecule has 0 aromatic heterocycles.